The number of benzene rings is 2. The van der Waals surface area contributed by atoms with Crippen LogP contribution in [0.1, 0.15) is 30.6 Å². The third-order valence-corrected chi connectivity index (χ3v) is 3.24. The van der Waals surface area contributed by atoms with Crippen LogP contribution in [0.3, 0.4) is 0 Å². The molecule has 0 spiro atoms. The minimum Gasteiger partial charge on any atom is -0.488 e. The maximum absolute atomic E-state index is 11.0. The summed E-state index contributed by atoms with van der Waals surface area (Å²) in [4.78, 5) is 10.5. The van der Waals surface area contributed by atoms with E-state index in [-0.39, 0.29) is 12.3 Å². The van der Waals surface area contributed by atoms with E-state index in [2.05, 4.69) is 0 Å². The molecule has 1 N–H and O–H groups in total. The fourth-order valence-electron chi connectivity index (χ4n) is 2.07. The van der Waals surface area contributed by atoms with Crippen LogP contribution in [-0.4, -0.2) is 10.0 Å². The van der Waals surface area contributed by atoms with Gasteiger partial charge in [-0.3, -0.25) is 10.1 Å². The summed E-state index contributed by atoms with van der Waals surface area (Å²) >= 11 is 0. The van der Waals surface area contributed by atoms with Gasteiger partial charge in [0.1, 0.15) is 12.4 Å². The number of aliphatic hydroxyl groups is 1. The van der Waals surface area contributed by atoms with E-state index in [0.29, 0.717) is 23.3 Å². The Bertz CT molecular complexity index is 627. The minimum atomic E-state index is -0.605. The Morgan fingerprint density at radius 2 is 1.86 bits per heavy atom. The molecule has 0 aliphatic heterocycles. The summed E-state index contributed by atoms with van der Waals surface area (Å²) in [6.07, 6.45) is -0.0294. The molecule has 2 aromatic rings. The molecule has 0 radical (unpaired) electrons. The molecule has 21 heavy (non-hydrogen) atoms. The predicted octanol–water partition coefficient (Wildman–Crippen LogP) is 3.62. The number of rotatable bonds is 6. The number of nitrogens with zero attached hydrogens (tertiary/aromatic N) is 1. The minimum absolute atomic E-state index is 0.0334. The number of nitro groups is 1. The smallest absolute Gasteiger partial charge is 0.276 e. The van der Waals surface area contributed by atoms with Gasteiger partial charge in [0.2, 0.25) is 0 Å². The van der Waals surface area contributed by atoms with Crippen molar-refractivity contribution in [3.05, 3.63) is 69.8 Å². The van der Waals surface area contributed by atoms with Crippen molar-refractivity contribution in [2.75, 3.05) is 0 Å². The van der Waals surface area contributed by atoms with Gasteiger partial charge in [-0.2, -0.15) is 0 Å². The van der Waals surface area contributed by atoms with Crippen molar-refractivity contribution in [2.45, 2.75) is 26.1 Å². The summed E-state index contributed by atoms with van der Waals surface area (Å²) in [6.45, 7) is 1.97. The number of para-hydroxylation sites is 2. The Balaban J connectivity index is 2.19. The van der Waals surface area contributed by atoms with Crippen molar-refractivity contribution in [1.29, 1.82) is 0 Å². The molecule has 0 saturated carbocycles. The number of aliphatic hydroxyl groups excluding tert-OH is 1. The summed E-state index contributed by atoms with van der Waals surface area (Å²) in [6, 6.07) is 13.6. The molecule has 0 unspecified atom stereocenters. The highest BCUT2D eigenvalue weighted by molar-refractivity contribution is 5.40. The average molecular weight is 287 g/mol. The normalized spacial score (nSPS) is 11.9. The second-order valence-electron chi connectivity index (χ2n) is 4.64. The van der Waals surface area contributed by atoms with Crippen LogP contribution in [0.4, 0.5) is 5.69 Å². The van der Waals surface area contributed by atoms with Crippen LogP contribution in [0.25, 0.3) is 0 Å². The zero-order valence-corrected chi connectivity index (χ0v) is 11.7. The molecular formula is C16H17NO4. The lowest BCUT2D eigenvalue weighted by Gasteiger charge is -2.15. The molecule has 2 rings (SSSR count). The lowest BCUT2D eigenvalue weighted by atomic mass is 10.1. The standard InChI is InChI=1S/C16H17NO4/c1-2-15(18)13-8-4-6-10-16(13)21-11-12-7-3-5-9-14(12)17(19)20/h3-10,15,18H,2,11H2,1H3/t15-/m0/s1. The van der Waals surface area contributed by atoms with E-state index in [0.717, 1.165) is 0 Å². The van der Waals surface area contributed by atoms with Crippen molar-refractivity contribution in [3.8, 4) is 5.75 Å². The van der Waals surface area contributed by atoms with Crippen LogP contribution in [0.2, 0.25) is 0 Å². The Morgan fingerprint density at radius 1 is 1.19 bits per heavy atom. The van der Waals surface area contributed by atoms with Crippen molar-refractivity contribution in [2.24, 2.45) is 0 Å². The molecule has 0 saturated heterocycles. The number of ether oxygens (including phenoxy) is 1. The van der Waals surface area contributed by atoms with E-state index in [9.17, 15) is 15.2 Å². The second kappa shape index (κ2) is 6.85. The summed E-state index contributed by atoms with van der Waals surface area (Å²) in [5, 5.41) is 20.9. The predicted molar refractivity (Wildman–Crippen MR) is 79.1 cm³/mol. The van der Waals surface area contributed by atoms with Crippen LogP contribution < -0.4 is 4.74 Å². The van der Waals surface area contributed by atoms with Crippen LogP contribution in [-0.2, 0) is 6.61 Å². The monoisotopic (exact) mass is 287 g/mol. The van der Waals surface area contributed by atoms with Gasteiger partial charge in [0.25, 0.3) is 5.69 Å². The van der Waals surface area contributed by atoms with Gasteiger partial charge < -0.3 is 9.84 Å². The molecule has 1 atom stereocenters. The van der Waals surface area contributed by atoms with Crippen molar-refractivity contribution in [3.63, 3.8) is 0 Å². The van der Waals surface area contributed by atoms with E-state index in [1.807, 2.05) is 13.0 Å². The number of hydrogen-bond donors (Lipinski definition) is 1. The summed E-state index contributed by atoms with van der Waals surface area (Å²) in [5.74, 6) is 0.546. The lowest BCUT2D eigenvalue weighted by molar-refractivity contribution is -0.385. The van der Waals surface area contributed by atoms with Crippen molar-refractivity contribution < 1.29 is 14.8 Å². The molecule has 5 heteroatoms. The molecule has 0 aliphatic rings. The van der Waals surface area contributed by atoms with Crippen LogP contribution in [0.15, 0.2) is 48.5 Å². The van der Waals surface area contributed by atoms with Gasteiger partial charge in [0.05, 0.1) is 16.6 Å². The molecule has 0 fully saturated rings. The zero-order valence-electron chi connectivity index (χ0n) is 11.7. The Morgan fingerprint density at radius 3 is 2.57 bits per heavy atom. The van der Waals surface area contributed by atoms with E-state index >= 15 is 0 Å². The van der Waals surface area contributed by atoms with Gasteiger partial charge >= 0.3 is 0 Å². The van der Waals surface area contributed by atoms with Gasteiger partial charge in [-0.05, 0) is 18.6 Å². The summed E-state index contributed by atoms with van der Waals surface area (Å²) < 4.78 is 5.67. The quantitative estimate of drug-likeness (QED) is 0.650. The zero-order chi connectivity index (χ0) is 15.2. The maximum Gasteiger partial charge on any atom is 0.276 e. The number of nitro benzene ring substituents is 1. The van der Waals surface area contributed by atoms with Gasteiger partial charge in [0, 0.05) is 11.6 Å². The fraction of sp³-hybridized carbons (Fsp3) is 0.250. The van der Waals surface area contributed by atoms with Gasteiger partial charge in [-0.15, -0.1) is 0 Å². The average Bonchev–Trinajstić information content (AvgIpc) is 2.52. The Labute approximate surface area is 123 Å². The molecule has 0 bridgehead atoms. The molecule has 2 aromatic carbocycles. The van der Waals surface area contributed by atoms with Crippen LogP contribution >= 0.6 is 0 Å². The number of hydrogen-bond acceptors (Lipinski definition) is 4. The fourth-order valence-corrected chi connectivity index (χ4v) is 2.07. The first-order valence-electron chi connectivity index (χ1n) is 6.75. The highest BCUT2D eigenvalue weighted by atomic mass is 16.6. The van der Waals surface area contributed by atoms with Crippen molar-refractivity contribution >= 4 is 5.69 Å². The SMILES string of the molecule is CC[C@H](O)c1ccccc1OCc1ccccc1[N+](=O)[O-]. The molecule has 0 heterocycles. The first-order chi connectivity index (χ1) is 10.1. The van der Waals surface area contributed by atoms with Crippen LogP contribution in [0, 0.1) is 10.1 Å². The lowest BCUT2D eigenvalue weighted by Crippen LogP contribution is -2.04. The Hall–Kier alpha value is -2.40. The molecule has 5 nitrogen and oxygen atoms in total. The van der Waals surface area contributed by atoms with E-state index in [4.69, 9.17) is 4.74 Å². The summed E-state index contributed by atoms with van der Waals surface area (Å²) in [7, 11) is 0. The molecule has 0 aromatic heterocycles. The molecule has 0 amide bonds. The Kier molecular flexibility index (Phi) is 4.90. The third kappa shape index (κ3) is 3.58. The van der Waals surface area contributed by atoms with Gasteiger partial charge in [-0.25, -0.2) is 0 Å². The first kappa shape index (κ1) is 15.0. The third-order valence-electron chi connectivity index (χ3n) is 3.24. The topological polar surface area (TPSA) is 72.6 Å². The highest BCUT2D eigenvalue weighted by Gasteiger charge is 2.15. The van der Waals surface area contributed by atoms with Gasteiger partial charge in [-0.1, -0.05) is 37.3 Å². The first-order valence-corrected chi connectivity index (χ1v) is 6.75. The molecule has 110 valence electrons. The maximum atomic E-state index is 11.0. The largest absolute Gasteiger partial charge is 0.488 e. The van der Waals surface area contributed by atoms with E-state index in [1.54, 1.807) is 36.4 Å². The van der Waals surface area contributed by atoms with E-state index in [1.165, 1.54) is 6.07 Å². The summed E-state index contributed by atoms with van der Waals surface area (Å²) in [5.41, 5.74) is 1.23. The van der Waals surface area contributed by atoms with Crippen LogP contribution in [0.5, 0.6) is 5.75 Å². The second-order valence-corrected chi connectivity index (χ2v) is 4.64. The molecular weight excluding hydrogens is 270 g/mol. The highest BCUT2D eigenvalue weighted by Crippen LogP contribution is 2.28. The molecule has 0 aliphatic carbocycles. The van der Waals surface area contributed by atoms with E-state index < -0.39 is 11.0 Å². The van der Waals surface area contributed by atoms with Crippen molar-refractivity contribution in [1.82, 2.24) is 0 Å². The van der Waals surface area contributed by atoms with Gasteiger partial charge in [0.15, 0.2) is 0 Å².